The molecule has 0 saturated heterocycles. The molecule has 0 unspecified atom stereocenters. The third kappa shape index (κ3) is 1.57. The van der Waals surface area contributed by atoms with Gasteiger partial charge in [-0.15, -0.1) is 0 Å². The van der Waals surface area contributed by atoms with Crippen molar-refractivity contribution >= 4 is 11.7 Å². The van der Waals surface area contributed by atoms with Gasteiger partial charge in [0.05, 0.1) is 6.33 Å². The molecular formula is C9H14N4O. The van der Waals surface area contributed by atoms with E-state index in [1.165, 1.54) is 12.8 Å². The second-order valence-corrected chi connectivity index (χ2v) is 3.65. The van der Waals surface area contributed by atoms with Crippen molar-refractivity contribution in [1.29, 1.82) is 0 Å². The van der Waals surface area contributed by atoms with E-state index in [4.69, 9.17) is 5.73 Å². The average Bonchev–Trinajstić information content (AvgIpc) is 2.83. The van der Waals surface area contributed by atoms with Gasteiger partial charge in [-0.05, 0) is 18.8 Å². The molecule has 5 heteroatoms. The highest BCUT2D eigenvalue weighted by molar-refractivity contribution is 5.95. The normalized spacial score (nSPS) is 15.5. The van der Waals surface area contributed by atoms with Crippen molar-refractivity contribution in [3.05, 3.63) is 12.0 Å². The van der Waals surface area contributed by atoms with Gasteiger partial charge in [-0.2, -0.15) is 0 Å². The molecule has 0 aliphatic heterocycles. The largest absolute Gasteiger partial charge is 0.371 e. The van der Waals surface area contributed by atoms with E-state index in [-0.39, 0.29) is 0 Å². The number of amides is 1. The van der Waals surface area contributed by atoms with Crippen LogP contribution in [-0.2, 0) is 6.54 Å². The number of carbonyl (C=O) groups is 1. The maximum Gasteiger partial charge on any atom is 0.269 e. The second-order valence-electron chi connectivity index (χ2n) is 3.65. The zero-order valence-electron chi connectivity index (χ0n) is 8.16. The van der Waals surface area contributed by atoms with Crippen LogP contribution in [0.5, 0.6) is 0 Å². The van der Waals surface area contributed by atoms with Crippen molar-refractivity contribution in [2.45, 2.75) is 19.4 Å². The van der Waals surface area contributed by atoms with Crippen LogP contribution in [-0.4, -0.2) is 22.5 Å². The molecule has 1 aromatic rings. The third-order valence-corrected chi connectivity index (χ3v) is 2.46. The number of carbonyl (C=O) groups excluding carboxylic acids is 1. The molecule has 1 aliphatic carbocycles. The number of rotatable bonds is 4. The molecule has 76 valence electrons. The first-order chi connectivity index (χ1) is 6.72. The highest BCUT2D eigenvalue weighted by Gasteiger charge is 2.24. The van der Waals surface area contributed by atoms with Crippen LogP contribution in [0.3, 0.4) is 0 Å². The maximum atomic E-state index is 11.2. The fraction of sp³-hybridized carbons (Fsp3) is 0.556. The first-order valence-electron chi connectivity index (χ1n) is 4.75. The van der Waals surface area contributed by atoms with Crippen LogP contribution in [0.4, 0.5) is 5.82 Å². The lowest BCUT2D eigenvalue weighted by Crippen LogP contribution is -2.18. The van der Waals surface area contributed by atoms with E-state index in [9.17, 15) is 4.79 Å². The summed E-state index contributed by atoms with van der Waals surface area (Å²) in [4.78, 5) is 15.3. The zero-order chi connectivity index (χ0) is 10.1. The Labute approximate surface area is 82.3 Å². The van der Waals surface area contributed by atoms with E-state index in [1.807, 2.05) is 4.57 Å². The molecule has 1 saturated carbocycles. The van der Waals surface area contributed by atoms with E-state index >= 15 is 0 Å². The number of anilines is 1. The van der Waals surface area contributed by atoms with Crippen molar-refractivity contribution in [2.75, 3.05) is 12.4 Å². The lowest BCUT2D eigenvalue weighted by molar-refractivity contribution is 0.0992. The Morgan fingerprint density at radius 2 is 2.50 bits per heavy atom. The number of hydrogen-bond donors (Lipinski definition) is 2. The van der Waals surface area contributed by atoms with Crippen LogP contribution >= 0.6 is 0 Å². The van der Waals surface area contributed by atoms with Crippen LogP contribution in [0.25, 0.3) is 0 Å². The van der Waals surface area contributed by atoms with Crippen molar-refractivity contribution in [3.8, 4) is 0 Å². The Balaban J connectivity index is 2.28. The molecular weight excluding hydrogens is 180 g/mol. The Morgan fingerprint density at radius 1 is 1.79 bits per heavy atom. The first-order valence-corrected chi connectivity index (χ1v) is 4.75. The van der Waals surface area contributed by atoms with Gasteiger partial charge in [-0.25, -0.2) is 4.98 Å². The predicted molar refractivity (Wildman–Crippen MR) is 53.0 cm³/mol. The molecule has 1 aromatic heterocycles. The van der Waals surface area contributed by atoms with Gasteiger partial charge < -0.3 is 15.6 Å². The summed E-state index contributed by atoms with van der Waals surface area (Å²) < 4.78 is 1.84. The van der Waals surface area contributed by atoms with Gasteiger partial charge in [0.25, 0.3) is 5.91 Å². The van der Waals surface area contributed by atoms with Crippen LogP contribution in [0.1, 0.15) is 23.3 Å². The molecule has 1 heterocycles. The van der Waals surface area contributed by atoms with Crippen molar-refractivity contribution in [2.24, 2.45) is 11.7 Å². The fourth-order valence-electron chi connectivity index (χ4n) is 1.54. The van der Waals surface area contributed by atoms with Crippen molar-refractivity contribution in [3.63, 3.8) is 0 Å². The Kier molecular flexibility index (Phi) is 2.15. The summed E-state index contributed by atoms with van der Waals surface area (Å²) in [7, 11) is 1.73. The van der Waals surface area contributed by atoms with Gasteiger partial charge in [-0.3, -0.25) is 4.79 Å². The Bertz CT molecular complexity index is 354. The smallest absolute Gasteiger partial charge is 0.269 e. The molecule has 1 fully saturated rings. The number of imidazole rings is 1. The van der Waals surface area contributed by atoms with Crippen LogP contribution < -0.4 is 11.1 Å². The van der Waals surface area contributed by atoms with E-state index < -0.39 is 5.91 Å². The summed E-state index contributed by atoms with van der Waals surface area (Å²) >= 11 is 0. The Morgan fingerprint density at radius 3 is 3.00 bits per heavy atom. The van der Waals surface area contributed by atoms with Gasteiger partial charge in [0.15, 0.2) is 11.5 Å². The number of hydrogen-bond acceptors (Lipinski definition) is 3. The number of nitrogens with two attached hydrogens (primary N) is 1. The second kappa shape index (κ2) is 3.32. The molecule has 14 heavy (non-hydrogen) atoms. The Hall–Kier alpha value is -1.52. The number of primary amides is 1. The van der Waals surface area contributed by atoms with Gasteiger partial charge >= 0.3 is 0 Å². The summed E-state index contributed by atoms with van der Waals surface area (Å²) in [6.45, 7) is 0.854. The number of nitrogens with zero attached hydrogens (tertiary/aromatic N) is 2. The monoisotopic (exact) mass is 194 g/mol. The molecule has 0 radical (unpaired) electrons. The third-order valence-electron chi connectivity index (χ3n) is 2.46. The molecule has 2 rings (SSSR count). The van der Waals surface area contributed by atoms with Crippen molar-refractivity contribution in [1.82, 2.24) is 9.55 Å². The molecule has 3 N–H and O–H groups in total. The van der Waals surface area contributed by atoms with E-state index in [0.29, 0.717) is 17.4 Å². The molecule has 0 spiro atoms. The molecule has 1 aliphatic rings. The van der Waals surface area contributed by atoms with Crippen LogP contribution in [0.15, 0.2) is 6.33 Å². The highest BCUT2D eigenvalue weighted by atomic mass is 16.1. The van der Waals surface area contributed by atoms with Crippen molar-refractivity contribution < 1.29 is 4.79 Å². The SMILES string of the molecule is CNc1ncn(CC2CC2)c1C(N)=O. The quantitative estimate of drug-likeness (QED) is 0.730. The summed E-state index contributed by atoms with van der Waals surface area (Å²) in [5, 5.41) is 2.86. The van der Waals surface area contributed by atoms with E-state index in [0.717, 1.165) is 6.54 Å². The molecule has 0 atom stereocenters. The first kappa shape index (κ1) is 9.05. The zero-order valence-corrected chi connectivity index (χ0v) is 8.16. The predicted octanol–water partition coefficient (Wildman–Crippen LogP) is 0.434. The van der Waals surface area contributed by atoms with E-state index in [2.05, 4.69) is 10.3 Å². The lowest BCUT2D eigenvalue weighted by Gasteiger charge is -2.05. The highest BCUT2D eigenvalue weighted by Crippen LogP contribution is 2.31. The minimum absolute atomic E-state index is 0.424. The minimum atomic E-state index is -0.424. The van der Waals surface area contributed by atoms with Gasteiger partial charge in [0.2, 0.25) is 0 Å². The summed E-state index contributed by atoms with van der Waals surface area (Å²) in [5.74, 6) is 0.845. The molecule has 0 bridgehead atoms. The summed E-state index contributed by atoms with van der Waals surface area (Å²) in [6.07, 6.45) is 4.15. The average molecular weight is 194 g/mol. The summed E-state index contributed by atoms with van der Waals surface area (Å²) in [6, 6.07) is 0. The molecule has 5 nitrogen and oxygen atoms in total. The van der Waals surface area contributed by atoms with Gasteiger partial charge in [0, 0.05) is 13.6 Å². The van der Waals surface area contributed by atoms with Crippen LogP contribution in [0, 0.1) is 5.92 Å². The maximum absolute atomic E-state index is 11.2. The number of nitrogens with one attached hydrogen (secondary N) is 1. The van der Waals surface area contributed by atoms with Gasteiger partial charge in [0.1, 0.15) is 0 Å². The topological polar surface area (TPSA) is 72.9 Å². The fourth-order valence-corrected chi connectivity index (χ4v) is 1.54. The molecule has 0 aromatic carbocycles. The van der Waals surface area contributed by atoms with Gasteiger partial charge in [-0.1, -0.05) is 0 Å². The number of aromatic nitrogens is 2. The van der Waals surface area contributed by atoms with Crippen LogP contribution in [0.2, 0.25) is 0 Å². The standard InChI is InChI=1S/C9H14N4O/c1-11-9-7(8(10)14)13(5-12-9)4-6-2-3-6/h5-6,11H,2-4H2,1H3,(H2,10,14). The summed E-state index contributed by atoms with van der Waals surface area (Å²) in [5.41, 5.74) is 5.78. The molecule has 1 amide bonds. The van der Waals surface area contributed by atoms with E-state index in [1.54, 1.807) is 13.4 Å². The minimum Gasteiger partial charge on any atom is -0.371 e. The lowest BCUT2D eigenvalue weighted by atomic mass is 10.3.